The van der Waals surface area contributed by atoms with Crippen LogP contribution in [0.2, 0.25) is 0 Å². The SMILES string of the molecule is Cc1nnc(N2CCC3(CC2)CC(OCC2CCOCC2)CO3)s1. The maximum atomic E-state index is 6.21. The Balaban J connectivity index is 1.24. The third kappa shape index (κ3) is 3.74. The van der Waals surface area contributed by atoms with Crippen LogP contribution in [0.4, 0.5) is 5.13 Å². The van der Waals surface area contributed by atoms with Gasteiger partial charge < -0.3 is 19.1 Å². The van der Waals surface area contributed by atoms with Crippen LogP contribution >= 0.6 is 11.3 Å². The molecule has 1 unspecified atom stereocenters. The Kier molecular flexibility index (Phi) is 5.03. The number of ether oxygens (including phenoxy) is 3. The van der Waals surface area contributed by atoms with Crippen molar-refractivity contribution >= 4 is 16.5 Å². The molecule has 3 fully saturated rings. The van der Waals surface area contributed by atoms with E-state index in [1.54, 1.807) is 11.3 Å². The summed E-state index contributed by atoms with van der Waals surface area (Å²) in [5.74, 6) is 0.665. The lowest BCUT2D eigenvalue weighted by Crippen LogP contribution is -2.44. The van der Waals surface area contributed by atoms with Gasteiger partial charge in [0.2, 0.25) is 5.13 Å². The first kappa shape index (κ1) is 16.7. The minimum absolute atomic E-state index is 0.0244. The smallest absolute Gasteiger partial charge is 0.208 e. The van der Waals surface area contributed by atoms with Gasteiger partial charge in [-0.25, -0.2) is 0 Å². The fourth-order valence-electron chi connectivity index (χ4n) is 3.96. The zero-order valence-corrected chi connectivity index (χ0v) is 15.2. The van der Waals surface area contributed by atoms with E-state index in [0.29, 0.717) is 5.92 Å². The summed E-state index contributed by atoms with van der Waals surface area (Å²) in [6.45, 7) is 7.40. The molecule has 1 spiro atoms. The molecule has 0 aromatic carbocycles. The summed E-state index contributed by atoms with van der Waals surface area (Å²) < 4.78 is 17.8. The first-order chi connectivity index (χ1) is 11.7. The predicted molar refractivity (Wildman–Crippen MR) is 92.7 cm³/mol. The van der Waals surface area contributed by atoms with E-state index in [1.807, 2.05) is 6.92 Å². The summed E-state index contributed by atoms with van der Waals surface area (Å²) in [6.07, 6.45) is 5.69. The Labute approximate surface area is 147 Å². The van der Waals surface area contributed by atoms with Gasteiger partial charge >= 0.3 is 0 Å². The lowest BCUT2D eigenvalue weighted by molar-refractivity contribution is -0.0269. The zero-order valence-electron chi connectivity index (χ0n) is 14.4. The Bertz CT molecular complexity index is 539. The number of aryl methyl sites for hydroxylation is 1. The molecular formula is C17H27N3O3S. The molecule has 1 atom stereocenters. The van der Waals surface area contributed by atoms with Crippen LogP contribution in [0.1, 0.15) is 37.1 Å². The Morgan fingerprint density at radius 3 is 2.75 bits per heavy atom. The number of hydrogen-bond donors (Lipinski definition) is 0. The summed E-state index contributed by atoms with van der Waals surface area (Å²) in [4.78, 5) is 2.34. The fraction of sp³-hybridized carbons (Fsp3) is 0.882. The molecular weight excluding hydrogens is 326 g/mol. The molecule has 3 aliphatic heterocycles. The summed E-state index contributed by atoms with van der Waals surface area (Å²) in [7, 11) is 0. The molecule has 3 aliphatic rings. The van der Waals surface area contributed by atoms with Gasteiger partial charge in [0, 0.05) is 32.7 Å². The molecule has 6 nitrogen and oxygen atoms in total. The average Bonchev–Trinajstić information content (AvgIpc) is 3.22. The molecule has 134 valence electrons. The fourth-order valence-corrected chi connectivity index (χ4v) is 4.70. The normalized spacial score (nSPS) is 27.9. The van der Waals surface area contributed by atoms with E-state index < -0.39 is 0 Å². The second-order valence-corrected chi connectivity index (χ2v) is 8.46. The molecule has 24 heavy (non-hydrogen) atoms. The van der Waals surface area contributed by atoms with Gasteiger partial charge in [0.25, 0.3) is 0 Å². The third-order valence-electron chi connectivity index (χ3n) is 5.54. The molecule has 0 N–H and O–H groups in total. The minimum Gasteiger partial charge on any atom is -0.381 e. The van der Waals surface area contributed by atoms with Crippen molar-refractivity contribution in [1.29, 1.82) is 0 Å². The van der Waals surface area contributed by atoms with E-state index in [0.717, 1.165) is 81.8 Å². The summed E-state index contributed by atoms with van der Waals surface area (Å²) >= 11 is 1.68. The molecule has 0 radical (unpaired) electrons. The maximum Gasteiger partial charge on any atom is 0.208 e. The number of nitrogens with zero attached hydrogens (tertiary/aromatic N) is 3. The highest BCUT2D eigenvalue weighted by Crippen LogP contribution is 2.38. The second-order valence-electron chi connectivity index (χ2n) is 7.30. The van der Waals surface area contributed by atoms with Crippen LogP contribution in [0.15, 0.2) is 0 Å². The summed E-state index contributed by atoms with van der Waals surface area (Å²) in [5.41, 5.74) is 0.0244. The maximum absolute atomic E-state index is 6.21. The van der Waals surface area contributed by atoms with Gasteiger partial charge in [-0.15, -0.1) is 10.2 Å². The summed E-state index contributed by atoms with van der Waals surface area (Å²) in [6, 6.07) is 0. The van der Waals surface area contributed by atoms with Crippen molar-refractivity contribution in [2.75, 3.05) is 44.4 Å². The van der Waals surface area contributed by atoms with Crippen LogP contribution in [0, 0.1) is 12.8 Å². The van der Waals surface area contributed by atoms with Crippen molar-refractivity contribution in [2.45, 2.75) is 50.7 Å². The van der Waals surface area contributed by atoms with Crippen LogP contribution in [0.3, 0.4) is 0 Å². The average molecular weight is 353 g/mol. The van der Waals surface area contributed by atoms with Gasteiger partial charge in [-0.05, 0) is 38.5 Å². The zero-order chi connectivity index (χ0) is 16.4. The Morgan fingerprint density at radius 1 is 1.25 bits per heavy atom. The molecule has 4 heterocycles. The van der Waals surface area contributed by atoms with Gasteiger partial charge in [-0.2, -0.15) is 0 Å². The van der Waals surface area contributed by atoms with Crippen LogP contribution in [-0.2, 0) is 14.2 Å². The quantitative estimate of drug-likeness (QED) is 0.829. The van der Waals surface area contributed by atoms with Gasteiger partial charge in [-0.1, -0.05) is 11.3 Å². The highest BCUT2D eigenvalue weighted by molar-refractivity contribution is 7.15. The molecule has 1 aromatic heterocycles. The number of piperidine rings is 1. The molecule has 7 heteroatoms. The van der Waals surface area contributed by atoms with E-state index >= 15 is 0 Å². The van der Waals surface area contributed by atoms with Gasteiger partial charge in [0.05, 0.1) is 24.9 Å². The molecule has 0 amide bonds. The number of rotatable bonds is 4. The van der Waals surface area contributed by atoms with E-state index in [-0.39, 0.29) is 11.7 Å². The van der Waals surface area contributed by atoms with E-state index in [4.69, 9.17) is 14.2 Å². The van der Waals surface area contributed by atoms with E-state index in [9.17, 15) is 0 Å². The largest absolute Gasteiger partial charge is 0.381 e. The first-order valence-electron chi connectivity index (χ1n) is 9.11. The molecule has 1 aromatic rings. The van der Waals surface area contributed by atoms with Crippen LogP contribution < -0.4 is 4.90 Å². The summed E-state index contributed by atoms with van der Waals surface area (Å²) in [5, 5.41) is 10.5. The number of anilines is 1. The van der Waals surface area contributed by atoms with Gasteiger partial charge in [-0.3, -0.25) is 0 Å². The number of aromatic nitrogens is 2. The first-order valence-corrected chi connectivity index (χ1v) is 9.92. The molecule has 0 saturated carbocycles. The minimum atomic E-state index is 0.0244. The van der Waals surface area contributed by atoms with E-state index in [1.165, 1.54) is 0 Å². The third-order valence-corrected chi connectivity index (χ3v) is 6.44. The second kappa shape index (κ2) is 7.23. The molecule has 0 bridgehead atoms. The van der Waals surface area contributed by atoms with Gasteiger partial charge in [0.15, 0.2) is 0 Å². The Morgan fingerprint density at radius 2 is 2.04 bits per heavy atom. The van der Waals surface area contributed by atoms with Gasteiger partial charge in [0.1, 0.15) is 5.01 Å². The van der Waals surface area contributed by atoms with Crippen molar-refractivity contribution < 1.29 is 14.2 Å². The Hall–Kier alpha value is -0.760. The molecule has 4 rings (SSSR count). The topological polar surface area (TPSA) is 56.7 Å². The molecule has 3 saturated heterocycles. The van der Waals surface area contributed by atoms with Crippen LogP contribution in [0.25, 0.3) is 0 Å². The highest BCUT2D eigenvalue weighted by atomic mass is 32.1. The van der Waals surface area contributed by atoms with Crippen LogP contribution in [0.5, 0.6) is 0 Å². The molecule has 0 aliphatic carbocycles. The lowest BCUT2D eigenvalue weighted by atomic mass is 9.88. The monoisotopic (exact) mass is 353 g/mol. The van der Waals surface area contributed by atoms with Crippen LogP contribution in [-0.4, -0.2) is 61.4 Å². The highest BCUT2D eigenvalue weighted by Gasteiger charge is 2.43. The van der Waals surface area contributed by atoms with Crippen molar-refractivity contribution in [3.8, 4) is 0 Å². The van der Waals surface area contributed by atoms with Crippen molar-refractivity contribution in [2.24, 2.45) is 5.92 Å². The van der Waals surface area contributed by atoms with E-state index in [2.05, 4.69) is 15.1 Å². The predicted octanol–water partition coefficient (Wildman–Crippen LogP) is 2.42. The van der Waals surface area contributed by atoms with Crippen molar-refractivity contribution in [3.05, 3.63) is 5.01 Å². The number of hydrogen-bond acceptors (Lipinski definition) is 7. The standard InChI is InChI=1S/C17H27N3O3S/c1-13-18-19-16(24-13)20-6-4-17(5-7-20)10-15(12-23-17)22-11-14-2-8-21-9-3-14/h14-15H,2-12H2,1H3. The van der Waals surface area contributed by atoms with Crippen molar-refractivity contribution in [1.82, 2.24) is 10.2 Å². The van der Waals surface area contributed by atoms with Crippen molar-refractivity contribution in [3.63, 3.8) is 0 Å². The lowest BCUT2D eigenvalue weighted by Gasteiger charge is -2.38.